The number of hydrogen-bond donors (Lipinski definition) is 1. The third-order valence-corrected chi connectivity index (χ3v) is 5.77. The second kappa shape index (κ2) is 7.34. The van der Waals surface area contributed by atoms with Crippen molar-refractivity contribution in [3.05, 3.63) is 29.8 Å². The third kappa shape index (κ3) is 4.15. The molecule has 1 aromatic rings. The lowest BCUT2D eigenvalue weighted by Crippen LogP contribution is -2.42. The third-order valence-electron chi connectivity index (χ3n) is 5.77. The van der Waals surface area contributed by atoms with Crippen LogP contribution >= 0.6 is 0 Å². The van der Waals surface area contributed by atoms with Crippen molar-refractivity contribution in [3.8, 4) is 5.75 Å². The number of amides is 1. The van der Waals surface area contributed by atoms with E-state index in [1.165, 1.54) is 5.56 Å². The van der Waals surface area contributed by atoms with E-state index in [0.29, 0.717) is 24.3 Å². The quantitative estimate of drug-likeness (QED) is 0.860. The van der Waals surface area contributed by atoms with Crippen molar-refractivity contribution in [2.45, 2.75) is 44.4 Å². The highest BCUT2D eigenvalue weighted by Gasteiger charge is 2.41. The lowest BCUT2D eigenvalue weighted by atomic mass is 9.83. The molecule has 0 radical (unpaired) electrons. The Labute approximate surface area is 149 Å². The maximum atomic E-state index is 12.1. The van der Waals surface area contributed by atoms with Gasteiger partial charge in [-0.3, -0.25) is 9.69 Å². The summed E-state index contributed by atoms with van der Waals surface area (Å²) in [4.78, 5) is 14.6. The van der Waals surface area contributed by atoms with Gasteiger partial charge in [0.1, 0.15) is 5.75 Å². The van der Waals surface area contributed by atoms with E-state index in [0.717, 1.165) is 51.3 Å². The van der Waals surface area contributed by atoms with Gasteiger partial charge < -0.3 is 14.8 Å². The Balaban J connectivity index is 1.27. The molecule has 3 fully saturated rings. The Bertz CT molecular complexity index is 599. The fourth-order valence-corrected chi connectivity index (χ4v) is 4.20. The predicted molar refractivity (Wildman–Crippen MR) is 95.4 cm³/mol. The molecule has 0 aromatic heterocycles. The van der Waals surface area contributed by atoms with E-state index in [1.54, 1.807) is 7.11 Å². The van der Waals surface area contributed by atoms with Gasteiger partial charge >= 0.3 is 0 Å². The summed E-state index contributed by atoms with van der Waals surface area (Å²) in [5, 5.41) is 3.09. The first kappa shape index (κ1) is 16.9. The number of methoxy groups -OCH3 is 1. The number of benzene rings is 1. The number of rotatable bonds is 6. The summed E-state index contributed by atoms with van der Waals surface area (Å²) < 4.78 is 11.2. The van der Waals surface area contributed by atoms with E-state index in [9.17, 15) is 4.79 Å². The Morgan fingerprint density at radius 1 is 1.28 bits per heavy atom. The molecule has 0 bridgehead atoms. The van der Waals surface area contributed by atoms with Crippen molar-refractivity contribution < 1.29 is 14.3 Å². The topological polar surface area (TPSA) is 50.8 Å². The van der Waals surface area contributed by atoms with Crippen molar-refractivity contribution in [3.63, 3.8) is 0 Å². The average Bonchev–Trinajstić information content (AvgIpc) is 3.35. The second-order valence-corrected chi connectivity index (χ2v) is 7.71. The van der Waals surface area contributed by atoms with E-state index < -0.39 is 0 Å². The Kier molecular flexibility index (Phi) is 4.95. The van der Waals surface area contributed by atoms with Crippen LogP contribution < -0.4 is 10.1 Å². The van der Waals surface area contributed by atoms with Crippen molar-refractivity contribution in [2.24, 2.45) is 11.8 Å². The minimum absolute atomic E-state index is 0.117. The fourth-order valence-electron chi connectivity index (χ4n) is 4.20. The first-order chi connectivity index (χ1) is 12.2. The molecule has 0 unspecified atom stereocenters. The van der Waals surface area contributed by atoms with Gasteiger partial charge in [0, 0.05) is 25.0 Å². The summed E-state index contributed by atoms with van der Waals surface area (Å²) in [6.45, 7) is 3.92. The van der Waals surface area contributed by atoms with Gasteiger partial charge in [0.25, 0.3) is 0 Å². The van der Waals surface area contributed by atoms with E-state index >= 15 is 0 Å². The van der Waals surface area contributed by atoms with Gasteiger partial charge in [-0.05, 0) is 49.4 Å². The SMILES string of the molecule is COc1ccc(CN2CC[C@H]3[C@@H](CO[C@H]3CC(=O)NC3CC3)C2)cc1. The normalized spacial score (nSPS) is 29.2. The molecule has 2 aliphatic heterocycles. The molecule has 1 N–H and O–H groups in total. The summed E-state index contributed by atoms with van der Waals surface area (Å²) in [6, 6.07) is 8.77. The molecule has 2 saturated heterocycles. The number of nitrogens with zero attached hydrogens (tertiary/aromatic N) is 1. The van der Waals surface area contributed by atoms with Gasteiger partial charge in [-0.25, -0.2) is 0 Å². The molecule has 1 amide bonds. The monoisotopic (exact) mass is 344 g/mol. The number of hydrogen-bond acceptors (Lipinski definition) is 4. The van der Waals surface area contributed by atoms with Gasteiger partial charge in [-0.15, -0.1) is 0 Å². The number of carbonyl (C=O) groups is 1. The van der Waals surface area contributed by atoms with Crippen LogP contribution in [-0.2, 0) is 16.1 Å². The Morgan fingerprint density at radius 3 is 2.80 bits per heavy atom. The van der Waals surface area contributed by atoms with Crippen LogP contribution in [0.2, 0.25) is 0 Å². The molecule has 1 saturated carbocycles. The largest absolute Gasteiger partial charge is 0.497 e. The maximum Gasteiger partial charge on any atom is 0.222 e. The molecule has 3 atom stereocenters. The van der Waals surface area contributed by atoms with Gasteiger partial charge in [-0.2, -0.15) is 0 Å². The molecule has 3 aliphatic rings. The van der Waals surface area contributed by atoms with E-state index in [4.69, 9.17) is 9.47 Å². The zero-order chi connectivity index (χ0) is 17.2. The minimum Gasteiger partial charge on any atom is -0.497 e. The number of likely N-dealkylation sites (tertiary alicyclic amines) is 1. The molecule has 5 heteroatoms. The summed E-state index contributed by atoms with van der Waals surface area (Å²) in [5.74, 6) is 2.18. The average molecular weight is 344 g/mol. The van der Waals surface area contributed by atoms with Crippen LogP contribution in [0.1, 0.15) is 31.2 Å². The number of carbonyl (C=O) groups excluding carboxylic acids is 1. The van der Waals surface area contributed by atoms with Crippen molar-refractivity contribution in [1.82, 2.24) is 10.2 Å². The van der Waals surface area contributed by atoms with Crippen LogP contribution in [0.25, 0.3) is 0 Å². The van der Waals surface area contributed by atoms with Crippen LogP contribution in [0.3, 0.4) is 0 Å². The lowest BCUT2D eigenvalue weighted by molar-refractivity contribution is -0.123. The van der Waals surface area contributed by atoms with Gasteiger partial charge in [0.2, 0.25) is 5.91 Å². The van der Waals surface area contributed by atoms with Gasteiger partial charge in [0.15, 0.2) is 0 Å². The molecule has 25 heavy (non-hydrogen) atoms. The van der Waals surface area contributed by atoms with Crippen LogP contribution in [-0.4, -0.2) is 49.8 Å². The maximum absolute atomic E-state index is 12.1. The number of ether oxygens (including phenoxy) is 2. The first-order valence-corrected chi connectivity index (χ1v) is 9.47. The molecule has 2 heterocycles. The Hall–Kier alpha value is -1.59. The molecule has 5 nitrogen and oxygen atoms in total. The minimum atomic E-state index is 0.117. The summed E-state index contributed by atoms with van der Waals surface area (Å²) in [6.07, 6.45) is 4.07. The van der Waals surface area contributed by atoms with E-state index in [2.05, 4.69) is 22.3 Å². The second-order valence-electron chi connectivity index (χ2n) is 7.71. The zero-order valence-electron chi connectivity index (χ0n) is 14.9. The summed E-state index contributed by atoms with van der Waals surface area (Å²) in [5.41, 5.74) is 1.32. The van der Waals surface area contributed by atoms with Gasteiger partial charge in [-0.1, -0.05) is 12.1 Å². The van der Waals surface area contributed by atoms with Crippen LogP contribution in [0.5, 0.6) is 5.75 Å². The molecule has 1 aliphatic carbocycles. The van der Waals surface area contributed by atoms with Crippen molar-refractivity contribution >= 4 is 5.91 Å². The zero-order valence-corrected chi connectivity index (χ0v) is 14.9. The van der Waals surface area contributed by atoms with Crippen molar-refractivity contribution in [2.75, 3.05) is 26.8 Å². The van der Waals surface area contributed by atoms with E-state index in [1.807, 2.05) is 12.1 Å². The standard InChI is InChI=1S/C20H28N2O3/c1-24-17-6-2-14(3-7-17)11-22-9-8-18-15(12-22)13-25-19(18)10-20(23)21-16-4-5-16/h2-3,6-7,15-16,18-19H,4-5,8-13H2,1H3,(H,21,23)/t15-,18+,19+/m1/s1. The molecular formula is C20H28N2O3. The summed E-state index contributed by atoms with van der Waals surface area (Å²) in [7, 11) is 1.70. The smallest absolute Gasteiger partial charge is 0.222 e. The molecular weight excluding hydrogens is 316 g/mol. The molecule has 0 spiro atoms. The van der Waals surface area contributed by atoms with Crippen LogP contribution in [0, 0.1) is 11.8 Å². The molecule has 136 valence electrons. The highest BCUT2D eigenvalue weighted by atomic mass is 16.5. The van der Waals surface area contributed by atoms with Crippen LogP contribution in [0.15, 0.2) is 24.3 Å². The number of piperidine rings is 1. The first-order valence-electron chi connectivity index (χ1n) is 9.47. The van der Waals surface area contributed by atoms with Crippen LogP contribution in [0.4, 0.5) is 0 Å². The highest BCUT2D eigenvalue weighted by molar-refractivity contribution is 5.77. The lowest BCUT2D eigenvalue weighted by Gasteiger charge is -2.35. The fraction of sp³-hybridized carbons (Fsp3) is 0.650. The number of fused-ring (bicyclic) bond motifs is 1. The van der Waals surface area contributed by atoms with Gasteiger partial charge in [0.05, 0.1) is 26.2 Å². The van der Waals surface area contributed by atoms with E-state index in [-0.39, 0.29) is 12.0 Å². The predicted octanol–water partition coefficient (Wildman–Crippen LogP) is 2.20. The number of nitrogens with one attached hydrogen (secondary N) is 1. The molecule has 1 aromatic carbocycles. The van der Waals surface area contributed by atoms with Crippen molar-refractivity contribution in [1.29, 1.82) is 0 Å². The summed E-state index contributed by atoms with van der Waals surface area (Å²) >= 11 is 0. The Morgan fingerprint density at radius 2 is 2.08 bits per heavy atom. The highest BCUT2D eigenvalue weighted by Crippen LogP contribution is 2.36. The molecule has 4 rings (SSSR count).